The van der Waals surface area contributed by atoms with Crippen molar-refractivity contribution in [2.24, 2.45) is 0 Å². The number of rotatable bonds is 4. The summed E-state index contributed by atoms with van der Waals surface area (Å²) in [6, 6.07) is 4.35. The van der Waals surface area contributed by atoms with E-state index in [2.05, 4.69) is 19.9 Å². The molecule has 2 aromatic rings. The van der Waals surface area contributed by atoms with Crippen LogP contribution in [0.15, 0.2) is 18.3 Å². The minimum Gasteiger partial charge on any atom is -0.366 e. The number of likely N-dealkylation sites (tertiary alicyclic amines) is 1. The van der Waals surface area contributed by atoms with Gasteiger partial charge in [-0.15, -0.1) is 0 Å². The average Bonchev–Trinajstić information content (AvgIpc) is 2.98. The Kier molecular flexibility index (Phi) is 3.35. The van der Waals surface area contributed by atoms with Gasteiger partial charge in [0.25, 0.3) is 0 Å². The molecule has 4 rings (SSSR count). The van der Waals surface area contributed by atoms with Crippen molar-refractivity contribution in [3.8, 4) is 0 Å². The van der Waals surface area contributed by atoms with Crippen LogP contribution in [0.3, 0.4) is 0 Å². The van der Waals surface area contributed by atoms with Crippen molar-refractivity contribution in [3.05, 3.63) is 24.2 Å². The molecule has 5 nitrogen and oxygen atoms in total. The number of hydrogen-bond acceptors (Lipinski definition) is 4. The molecule has 6 heteroatoms. The first-order valence-corrected chi connectivity index (χ1v) is 7.59. The molecule has 1 aliphatic heterocycles. The highest BCUT2D eigenvalue weighted by molar-refractivity contribution is 5.69. The number of pyridine rings is 1. The van der Waals surface area contributed by atoms with Crippen LogP contribution in [-0.2, 0) is 11.3 Å². The highest BCUT2D eigenvalue weighted by Crippen LogP contribution is 2.30. The fourth-order valence-electron chi connectivity index (χ4n) is 3.12. The van der Waals surface area contributed by atoms with E-state index in [0.717, 1.165) is 5.52 Å². The molecule has 1 aliphatic carbocycles. The Morgan fingerprint density at radius 3 is 3.05 bits per heavy atom. The molecule has 0 radical (unpaired) electrons. The Hall–Kier alpha value is -1.53. The second kappa shape index (κ2) is 5.35. The third kappa shape index (κ3) is 2.53. The van der Waals surface area contributed by atoms with Gasteiger partial charge in [0, 0.05) is 25.3 Å². The minimum absolute atomic E-state index is 0.306. The van der Waals surface area contributed by atoms with Crippen molar-refractivity contribution in [2.45, 2.75) is 44.2 Å². The molecule has 1 N–H and O–H groups in total. The highest BCUT2D eigenvalue weighted by atomic mass is 19.1. The molecule has 0 bridgehead atoms. The molecule has 1 saturated heterocycles. The van der Waals surface area contributed by atoms with Crippen LogP contribution < -0.4 is 0 Å². The third-order valence-electron chi connectivity index (χ3n) is 4.56. The first-order chi connectivity index (χ1) is 10.3. The van der Waals surface area contributed by atoms with E-state index in [-0.39, 0.29) is 6.10 Å². The van der Waals surface area contributed by atoms with Crippen molar-refractivity contribution in [2.75, 3.05) is 13.1 Å². The maximum atomic E-state index is 14.1. The second-order valence-corrected chi connectivity index (χ2v) is 5.96. The Labute approximate surface area is 122 Å². The smallest absolute Gasteiger partial charge is 0.177 e. The quantitative estimate of drug-likeness (QED) is 0.936. The van der Waals surface area contributed by atoms with Crippen LogP contribution in [0.2, 0.25) is 0 Å². The SMILES string of the molecule is FC1CN(C2CCC2)CC1OCc1nc2ncccc2[nH]1. The number of hydrogen-bond donors (Lipinski definition) is 1. The molecule has 112 valence electrons. The van der Waals surface area contributed by atoms with Crippen LogP contribution in [0.25, 0.3) is 11.2 Å². The average molecular weight is 290 g/mol. The van der Waals surface area contributed by atoms with E-state index in [1.54, 1.807) is 6.20 Å². The summed E-state index contributed by atoms with van der Waals surface area (Å²) >= 11 is 0. The summed E-state index contributed by atoms with van der Waals surface area (Å²) in [5.41, 5.74) is 1.56. The maximum Gasteiger partial charge on any atom is 0.177 e. The maximum absolute atomic E-state index is 14.1. The zero-order valence-corrected chi connectivity index (χ0v) is 11.8. The number of H-pyrrole nitrogens is 1. The Morgan fingerprint density at radius 2 is 2.29 bits per heavy atom. The standard InChI is InChI=1S/C15H19FN4O/c16-11-7-20(10-3-1-4-10)8-13(11)21-9-14-18-12-5-2-6-17-15(12)19-14/h2,5-6,10-11,13H,1,3-4,7-9H2,(H,17,18,19). The molecular weight excluding hydrogens is 271 g/mol. The molecule has 2 atom stereocenters. The van der Waals surface area contributed by atoms with Crippen LogP contribution in [0.1, 0.15) is 25.1 Å². The van der Waals surface area contributed by atoms with Gasteiger partial charge in [-0.2, -0.15) is 0 Å². The molecule has 2 aliphatic rings. The van der Waals surface area contributed by atoms with Crippen molar-refractivity contribution < 1.29 is 9.13 Å². The molecule has 21 heavy (non-hydrogen) atoms. The lowest BCUT2D eigenvalue weighted by atomic mass is 9.92. The van der Waals surface area contributed by atoms with E-state index in [0.29, 0.717) is 37.2 Å². The van der Waals surface area contributed by atoms with Gasteiger partial charge in [0.05, 0.1) is 5.52 Å². The van der Waals surface area contributed by atoms with Crippen LogP contribution in [0, 0.1) is 0 Å². The summed E-state index contributed by atoms with van der Waals surface area (Å²) in [5, 5.41) is 0. The van der Waals surface area contributed by atoms with E-state index in [1.165, 1.54) is 19.3 Å². The van der Waals surface area contributed by atoms with Gasteiger partial charge < -0.3 is 9.72 Å². The number of alkyl halides is 1. The summed E-state index contributed by atoms with van der Waals surface area (Å²) in [6.07, 6.45) is 4.15. The molecule has 0 spiro atoms. The van der Waals surface area contributed by atoms with Gasteiger partial charge in [-0.05, 0) is 25.0 Å². The number of aromatic nitrogens is 3. The zero-order chi connectivity index (χ0) is 14.2. The van der Waals surface area contributed by atoms with Gasteiger partial charge in [-0.3, -0.25) is 4.90 Å². The number of nitrogens with zero attached hydrogens (tertiary/aromatic N) is 3. The molecule has 0 amide bonds. The fraction of sp³-hybridized carbons (Fsp3) is 0.600. The van der Waals surface area contributed by atoms with Crippen LogP contribution in [0.4, 0.5) is 4.39 Å². The normalized spacial score (nSPS) is 27.3. The van der Waals surface area contributed by atoms with Crippen LogP contribution in [0.5, 0.6) is 0 Å². The van der Waals surface area contributed by atoms with Crippen molar-refractivity contribution in [1.82, 2.24) is 19.9 Å². The van der Waals surface area contributed by atoms with E-state index in [4.69, 9.17) is 4.74 Å². The van der Waals surface area contributed by atoms with Gasteiger partial charge in [-0.25, -0.2) is 14.4 Å². The molecule has 1 saturated carbocycles. The van der Waals surface area contributed by atoms with Crippen LogP contribution in [-0.4, -0.2) is 51.3 Å². The van der Waals surface area contributed by atoms with E-state index < -0.39 is 6.17 Å². The van der Waals surface area contributed by atoms with E-state index in [1.807, 2.05) is 12.1 Å². The van der Waals surface area contributed by atoms with Crippen molar-refractivity contribution in [3.63, 3.8) is 0 Å². The summed E-state index contributed by atoms with van der Waals surface area (Å²) in [4.78, 5) is 13.9. The summed E-state index contributed by atoms with van der Waals surface area (Å²) in [5.74, 6) is 0.706. The predicted octanol–water partition coefficient (Wildman–Crippen LogP) is 2.05. The first kappa shape index (κ1) is 13.2. The van der Waals surface area contributed by atoms with E-state index in [9.17, 15) is 4.39 Å². The largest absolute Gasteiger partial charge is 0.366 e. The Balaban J connectivity index is 1.37. The molecule has 2 aromatic heterocycles. The number of imidazole rings is 1. The monoisotopic (exact) mass is 290 g/mol. The van der Waals surface area contributed by atoms with E-state index >= 15 is 0 Å². The Bertz CT molecular complexity index is 594. The fourth-order valence-corrected chi connectivity index (χ4v) is 3.12. The van der Waals surface area contributed by atoms with Gasteiger partial charge in [0.1, 0.15) is 24.7 Å². The number of ether oxygens (including phenoxy) is 1. The number of halogens is 1. The first-order valence-electron chi connectivity index (χ1n) is 7.59. The van der Waals surface area contributed by atoms with Gasteiger partial charge in [0.2, 0.25) is 0 Å². The Morgan fingerprint density at radius 1 is 1.38 bits per heavy atom. The lowest BCUT2D eigenvalue weighted by Crippen LogP contribution is -2.39. The van der Waals surface area contributed by atoms with Gasteiger partial charge >= 0.3 is 0 Å². The molecule has 3 heterocycles. The topological polar surface area (TPSA) is 54.0 Å². The third-order valence-corrected chi connectivity index (χ3v) is 4.56. The summed E-state index contributed by atoms with van der Waals surface area (Å²) in [6.45, 7) is 1.52. The summed E-state index contributed by atoms with van der Waals surface area (Å²) in [7, 11) is 0. The second-order valence-electron chi connectivity index (χ2n) is 5.96. The molecule has 2 fully saturated rings. The van der Waals surface area contributed by atoms with Crippen LogP contribution >= 0.6 is 0 Å². The number of aromatic amines is 1. The number of nitrogens with one attached hydrogen (secondary N) is 1. The number of fused-ring (bicyclic) bond motifs is 1. The van der Waals surface area contributed by atoms with Gasteiger partial charge in [0.15, 0.2) is 5.65 Å². The highest BCUT2D eigenvalue weighted by Gasteiger charge is 2.38. The lowest BCUT2D eigenvalue weighted by molar-refractivity contribution is 0.00648. The van der Waals surface area contributed by atoms with Crippen molar-refractivity contribution >= 4 is 11.2 Å². The lowest BCUT2D eigenvalue weighted by Gasteiger charge is -2.34. The van der Waals surface area contributed by atoms with Crippen molar-refractivity contribution in [1.29, 1.82) is 0 Å². The zero-order valence-electron chi connectivity index (χ0n) is 11.8. The predicted molar refractivity (Wildman–Crippen MR) is 76.6 cm³/mol. The minimum atomic E-state index is -0.895. The van der Waals surface area contributed by atoms with Gasteiger partial charge in [-0.1, -0.05) is 6.42 Å². The molecule has 0 aromatic carbocycles. The summed E-state index contributed by atoms with van der Waals surface area (Å²) < 4.78 is 19.8. The molecular formula is C15H19FN4O. The molecule has 2 unspecified atom stereocenters.